The monoisotopic (exact) mass is 251 g/mol. The van der Waals surface area contributed by atoms with Crippen LogP contribution in [0.25, 0.3) is 0 Å². The molecule has 2 atom stereocenters. The molecule has 0 aromatic carbocycles. The summed E-state index contributed by atoms with van der Waals surface area (Å²) in [6, 6.07) is 1.56. The molecule has 1 nitrogen and oxygen atoms in total. The fourth-order valence-corrected chi connectivity index (χ4v) is 4.89. The first-order valence-corrected chi connectivity index (χ1v) is 8.06. The maximum atomic E-state index is 3.99. The van der Waals surface area contributed by atoms with Gasteiger partial charge >= 0.3 is 0 Å². The van der Waals surface area contributed by atoms with E-state index in [1.54, 1.807) is 0 Å². The molecular formula is C17H33N. The van der Waals surface area contributed by atoms with Gasteiger partial charge in [-0.25, -0.2) is 0 Å². The molecule has 1 N–H and O–H groups in total. The summed E-state index contributed by atoms with van der Waals surface area (Å²) in [6.45, 7) is 12.1. The molecule has 0 amide bonds. The van der Waals surface area contributed by atoms with Crippen molar-refractivity contribution < 1.29 is 0 Å². The minimum atomic E-state index is 0.516. The molecule has 0 heterocycles. The summed E-state index contributed by atoms with van der Waals surface area (Å²) in [5.74, 6) is 0.993. The summed E-state index contributed by atoms with van der Waals surface area (Å²) in [7, 11) is 0. The summed E-state index contributed by atoms with van der Waals surface area (Å²) in [5, 5.41) is 3.99. The third-order valence-electron chi connectivity index (χ3n) is 5.15. The summed E-state index contributed by atoms with van der Waals surface area (Å²) >= 11 is 0. The molecule has 2 rings (SSSR count). The quantitative estimate of drug-likeness (QED) is 0.762. The van der Waals surface area contributed by atoms with Crippen molar-refractivity contribution in [2.45, 2.75) is 91.6 Å². The Bertz CT molecular complexity index is 263. The van der Waals surface area contributed by atoms with Crippen LogP contribution in [0.1, 0.15) is 79.6 Å². The largest absolute Gasteiger partial charge is 0.311 e. The predicted octanol–water partition coefficient (Wildman–Crippen LogP) is 4.76. The van der Waals surface area contributed by atoms with E-state index in [4.69, 9.17) is 0 Å². The first-order chi connectivity index (χ1) is 8.30. The molecule has 2 saturated carbocycles. The minimum Gasteiger partial charge on any atom is -0.311 e. The van der Waals surface area contributed by atoms with Gasteiger partial charge < -0.3 is 5.32 Å². The summed E-state index contributed by atoms with van der Waals surface area (Å²) < 4.78 is 0. The molecule has 2 unspecified atom stereocenters. The highest BCUT2D eigenvalue weighted by atomic mass is 15.0. The van der Waals surface area contributed by atoms with Crippen LogP contribution in [0.5, 0.6) is 0 Å². The maximum absolute atomic E-state index is 3.99. The van der Waals surface area contributed by atoms with Gasteiger partial charge in [0.2, 0.25) is 0 Å². The Hall–Kier alpha value is -0.0400. The fourth-order valence-electron chi connectivity index (χ4n) is 4.89. The third-order valence-corrected chi connectivity index (χ3v) is 5.15. The molecule has 0 aliphatic heterocycles. The maximum Gasteiger partial charge on any atom is 0.00798 e. The van der Waals surface area contributed by atoms with Crippen LogP contribution in [-0.2, 0) is 0 Å². The molecule has 18 heavy (non-hydrogen) atoms. The average molecular weight is 251 g/mol. The molecule has 0 aromatic heterocycles. The van der Waals surface area contributed by atoms with E-state index >= 15 is 0 Å². The highest BCUT2D eigenvalue weighted by molar-refractivity contribution is 4.94. The van der Waals surface area contributed by atoms with Gasteiger partial charge in [0.25, 0.3) is 0 Å². The van der Waals surface area contributed by atoms with Gasteiger partial charge in [0.15, 0.2) is 0 Å². The third kappa shape index (κ3) is 3.73. The normalized spacial score (nSPS) is 35.8. The van der Waals surface area contributed by atoms with Crippen LogP contribution < -0.4 is 5.32 Å². The van der Waals surface area contributed by atoms with E-state index in [2.05, 4.69) is 39.9 Å². The topological polar surface area (TPSA) is 12.0 Å². The van der Waals surface area contributed by atoms with Crippen LogP contribution in [0.2, 0.25) is 0 Å². The second-order valence-corrected chi connectivity index (χ2v) is 8.56. The van der Waals surface area contributed by atoms with Gasteiger partial charge in [0.1, 0.15) is 0 Å². The van der Waals surface area contributed by atoms with E-state index in [0.717, 1.165) is 18.0 Å². The Morgan fingerprint density at radius 2 is 1.56 bits per heavy atom. The lowest BCUT2D eigenvalue weighted by atomic mass is 9.63. The molecule has 2 fully saturated rings. The summed E-state index contributed by atoms with van der Waals surface area (Å²) in [4.78, 5) is 0. The zero-order valence-electron chi connectivity index (χ0n) is 13.2. The van der Waals surface area contributed by atoms with Crippen molar-refractivity contribution in [3.8, 4) is 0 Å². The van der Waals surface area contributed by atoms with Crippen molar-refractivity contribution in [3.05, 3.63) is 0 Å². The van der Waals surface area contributed by atoms with Crippen molar-refractivity contribution in [2.75, 3.05) is 0 Å². The minimum absolute atomic E-state index is 0.516. The second-order valence-electron chi connectivity index (χ2n) is 8.56. The molecule has 1 heteroatoms. The molecule has 0 spiro atoms. The van der Waals surface area contributed by atoms with Crippen LogP contribution in [0.15, 0.2) is 0 Å². The SMILES string of the molecule is CCC1CCC(NC2CC(C)(C)CC(C)(C)C2)C1. The van der Waals surface area contributed by atoms with Crippen molar-refractivity contribution in [2.24, 2.45) is 16.7 Å². The molecular weight excluding hydrogens is 218 g/mol. The first kappa shape index (κ1) is 14.4. The highest BCUT2D eigenvalue weighted by Crippen LogP contribution is 2.46. The van der Waals surface area contributed by atoms with E-state index in [-0.39, 0.29) is 0 Å². The van der Waals surface area contributed by atoms with Gasteiger partial charge in [0.05, 0.1) is 0 Å². The fraction of sp³-hybridized carbons (Fsp3) is 1.00. The van der Waals surface area contributed by atoms with E-state index in [9.17, 15) is 0 Å². The van der Waals surface area contributed by atoms with Gasteiger partial charge in [-0.15, -0.1) is 0 Å². The van der Waals surface area contributed by atoms with Gasteiger partial charge in [-0.3, -0.25) is 0 Å². The lowest BCUT2D eigenvalue weighted by molar-refractivity contribution is 0.0803. The van der Waals surface area contributed by atoms with Gasteiger partial charge in [0, 0.05) is 12.1 Å². The lowest BCUT2D eigenvalue weighted by Crippen LogP contribution is -2.46. The van der Waals surface area contributed by atoms with Crippen LogP contribution >= 0.6 is 0 Å². The molecule has 0 saturated heterocycles. The summed E-state index contributed by atoms with van der Waals surface area (Å²) in [5.41, 5.74) is 1.03. The Kier molecular flexibility index (Phi) is 4.11. The Morgan fingerprint density at radius 1 is 0.944 bits per heavy atom. The number of nitrogens with one attached hydrogen (secondary N) is 1. The smallest absolute Gasteiger partial charge is 0.00798 e. The molecule has 2 aliphatic carbocycles. The zero-order chi connectivity index (χ0) is 13.4. The number of rotatable bonds is 3. The average Bonchev–Trinajstić information content (AvgIpc) is 2.60. The van der Waals surface area contributed by atoms with E-state index < -0.39 is 0 Å². The van der Waals surface area contributed by atoms with Crippen molar-refractivity contribution >= 4 is 0 Å². The van der Waals surface area contributed by atoms with Crippen molar-refractivity contribution in [3.63, 3.8) is 0 Å². The molecule has 0 bridgehead atoms. The van der Waals surface area contributed by atoms with Gasteiger partial charge in [-0.2, -0.15) is 0 Å². The molecule has 106 valence electrons. The van der Waals surface area contributed by atoms with Crippen LogP contribution in [0.3, 0.4) is 0 Å². The van der Waals surface area contributed by atoms with E-state index in [1.165, 1.54) is 44.9 Å². The lowest BCUT2D eigenvalue weighted by Gasteiger charge is -2.46. The van der Waals surface area contributed by atoms with E-state index in [1.807, 2.05) is 0 Å². The van der Waals surface area contributed by atoms with Crippen molar-refractivity contribution in [1.29, 1.82) is 0 Å². The predicted molar refractivity (Wildman–Crippen MR) is 79.8 cm³/mol. The molecule has 0 aromatic rings. The van der Waals surface area contributed by atoms with Crippen LogP contribution in [-0.4, -0.2) is 12.1 Å². The molecule has 2 aliphatic rings. The second kappa shape index (κ2) is 5.15. The van der Waals surface area contributed by atoms with E-state index in [0.29, 0.717) is 10.8 Å². The highest BCUT2D eigenvalue weighted by Gasteiger charge is 2.39. The Balaban J connectivity index is 1.89. The Morgan fingerprint density at radius 3 is 2.06 bits per heavy atom. The summed E-state index contributed by atoms with van der Waals surface area (Å²) in [6.07, 6.45) is 9.77. The zero-order valence-corrected chi connectivity index (χ0v) is 13.2. The molecule has 0 radical (unpaired) electrons. The van der Waals surface area contributed by atoms with Crippen molar-refractivity contribution in [1.82, 2.24) is 5.32 Å². The first-order valence-electron chi connectivity index (χ1n) is 8.06. The Labute approximate surface area is 114 Å². The van der Waals surface area contributed by atoms with Gasteiger partial charge in [-0.1, -0.05) is 41.0 Å². The van der Waals surface area contributed by atoms with Crippen LogP contribution in [0, 0.1) is 16.7 Å². The number of hydrogen-bond acceptors (Lipinski definition) is 1. The standard InChI is InChI=1S/C17H33N/c1-6-13-7-8-14(9-13)18-15-10-16(2,3)12-17(4,5)11-15/h13-15,18H,6-12H2,1-5H3. The van der Waals surface area contributed by atoms with Crippen LogP contribution in [0.4, 0.5) is 0 Å². The number of hydrogen-bond donors (Lipinski definition) is 1. The van der Waals surface area contributed by atoms with Gasteiger partial charge in [-0.05, 0) is 55.3 Å².